The van der Waals surface area contributed by atoms with Crippen LogP contribution in [0, 0.1) is 26.2 Å². The van der Waals surface area contributed by atoms with Crippen molar-refractivity contribution in [2.45, 2.75) is 115 Å². The number of carbonyl (C=O) groups excluding carboxylic acids is 1. The van der Waals surface area contributed by atoms with Crippen molar-refractivity contribution in [1.82, 2.24) is 0 Å². The van der Waals surface area contributed by atoms with Crippen LogP contribution in [0.15, 0.2) is 66.8 Å². The van der Waals surface area contributed by atoms with Gasteiger partial charge in [0.15, 0.2) is 0 Å². The van der Waals surface area contributed by atoms with Gasteiger partial charge in [-0.05, 0) is 104 Å². The normalized spacial score (nSPS) is 9.97. The molecule has 0 aliphatic rings. The molecule has 0 spiro atoms. The number of ketones is 1. The molecule has 2 rings (SSSR count). The first-order valence-corrected chi connectivity index (χ1v) is 13.6. The molecule has 0 aliphatic carbocycles. The van der Waals surface area contributed by atoms with E-state index < -0.39 is 0 Å². The Morgan fingerprint density at radius 1 is 0.806 bits per heavy atom. The Hall–Kier alpha value is -2.41. The van der Waals surface area contributed by atoms with Gasteiger partial charge in [0.2, 0.25) is 0 Å². The van der Waals surface area contributed by atoms with Gasteiger partial charge in [0.05, 0.1) is 0 Å². The fraction of sp³-hybridized carbons (Fsp3) is 0.514. The van der Waals surface area contributed by atoms with E-state index in [1.54, 1.807) is 6.92 Å². The van der Waals surface area contributed by atoms with Gasteiger partial charge in [-0.3, -0.25) is 4.79 Å². The molecule has 0 atom stereocenters. The molecule has 0 N–H and O–H groups in total. The fourth-order valence-corrected chi connectivity index (χ4v) is 3.28. The van der Waals surface area contributed by atoms with E-state index in [0.29, 0.717) is 5.78 Å². The van der Waals surface area contributed by atoms with Gasteiger partial charge in [-0.25, -0.2) is 0 Å². The van der Waals surface area contributed by atoms with Gasteiger partial charge in [-0.15, -0.1) is 13.2 Å². The molecule has 2 aromatic rings. The number of hydrogen-bond donors (Lipinski definition) is 0. The Morgan fingerprint density at radius 2 is 1.28 bits per heavy atom. The average molecular weight is 493 g/mol. The smallest absolute Gasteiger partial charge is 0.135 e. The van der Waals surface area contributed by atoms with Gasteiger partial charge in [0.25, 0.3) is 0 Å². The van der Waals surface area contributed by atoms with Crippen LogP contribution >= 0.6 is 0 Å². The SMILES string of the molecule is C=C(C)C.C=C(C)CCCc1ccc(C)cc1.CCC(C)(CC)C(C)=O.CCc1cc(C)ccc1C. The minimum Gasteiger partial charge on any atom is -0.299 e. The lowest BCUT2D eigenvalue weighted by Crippen LogP contribution is -2.23. The van der Waals surface area contributed by atoms with Crippen molar-refractivity contribution in [2.24, 2.45) is 5.41 Å². The monoisotopic (exact) mass is 492 g/mol. The summed E-state index contributed by atoms with van der Waals surface area (Å²) < 4.78 is 0. The highest BCUT2D eigenvalue weighted by molar-refractivity contribution is 5.81. The lowest BCUT2D eigenvalue weighted by molar-refractivity contribution is -0.126. The van der Waals surface area contributed by atoms with E-state index in [4.69, 9.17) is 0 Å². The third-order valence-corrected chi connectivity index (χ3v) is 6.49. The molecule has 2 aromatic carbocycles. The number of Topliss-reactive ketones (excluding diaryl/α,β-unsaturated/α-hetero) is 1. The maximum Gasteiger partial charge on any atom is 0.135 e. The molecule has 0 heterocycles. The van der Waals surface area contributed by atoms with Gasteiger partial charge in [0, 0.05) is 5.41 Å². The van der Waals surface area contributed by atoms with Gasteiger partial charge in [0.1, 0.15) is 5.78 Å². The third kappa shape index (κ3) is 17.9. The molecule has 0 amide bonds. The molecule has 36 heavy (non-hydrogen) atoms. The number of rotatable bonds is 8. The van der Waals surface area contributed by atoms with Crippen LogP contribution in [0.5, 0.6) is 0 Å². The molecule has 202 valence electrons. The molecule has 1 nitrogen and oxygen atoms in total. The molecular formula is C35H56O. The lowest BCUT2D eigenvalue weighted by atomic mass is 9.81. The van der Waals surface area contributed by atoms with Crippen molar-refractivity contribution in [3.8, 4) is 0 Å². The van der Waals surface area contributed by atoms with Gasteiger partial charge >= 0.3 is 0 Å². The Bertz CT molecular complexity index is 891. The van der Waals surface area contributed by atoms with Crippen molar-refractivity contribution in [3.63, 3.8) is 0 Å². The molecule has 0 saturated carbocycles. The van der Waals surface area contributed by atoms with Crippen LogP contribution in [0.2, 0.25) is 0 Å². The Morgan fingerprint density at radius 3 is 1.61 bits per heavy atom. The molecule has 0 fully saturated rings. The second-order valence-electron chi connectivity index (χ2n) is 10.6. The van der Waals surface area contributed by atoms with Crippen molar-refractivity contribution in [1.29, 1.82) is 0 Å². The highest BCUT2D eigenvalue weighted by atomic mass is 16.1. The molecule has 0 saturated heterocycles. The maximum absolute atomic E-state index is 10.9. The van der Waals surface area contributed by atoms with Crippen LogP contribution in [-0.2, 0) is 17.6 Å². The summed E-state index contributed by atoms with van der Waals surface area (Å²) >= 11 is 0. The first-order valence-electron chi connectivity index (χ1n) is 13.6. The number of hydrogen-bond acceptors (Lipinski definition) is 1. The van der Waals surface area contributed by atoms with E-state index in [-0.39, 0.29) is 5.41 Å². The second kappa shape index (κ2) is 19.7. The van der Waals surface area contributed by atoms with Crippen molar-refractivity contribution >= 4 is 5.78 Å². The molecule has 0 radical (unpaired) electrons. The highest BCUT2D eigenvalue weighted by Crippen LogP contribution is 2.25. The van der Waals surface area contributed by atoms with Crippen LogP contribution in [-0.4, -0.2) is 5.78 Å². The van der Waals surface area contributed by atoms with Crippen molar-refractivity contribution < 1.29 is 4.79 Å². The van der Waals surface area contributed by atoms with E-state index in [2.05, 4.69) is 104 Å². The molecule has 0 aliphatic heterocycles. The first-order chi connectivity index (χ1) is 16.7. The second-order valence-corrected chi connectivity index (χ2v) is 10.6. The van der Waals surface area contributed by atoms with Crippen molar-refractivity contribution in [3.05, 3.63) is 94.6 Å². The summed E-state index contributed by atoms with van der Waals surface area (Å²) in [5.74, 6) is 0.313. The van der Waals surface area contributed by atoms with Crippen LogP contribution in [0.1, 0.15) is 109 Å². The van der Waals surface area contributed by atoms with E-state index in [1.807, 2.05) is 20.8 Å². The average Bonchev–Trinajstić information content (AvgIpc) is 2.81. The Kier molecular flexibility index (Phi) is 19.6. The first kappa shape index (κ1) is 35.8. The maximum atomic E-state index is 10.9. The number of aryl methyl sites for hydroxylation is 5. The molecule has 0 bridgehead atoms. The zero-order valence-corrected chi connectivity index (χ0v) is 25.6. The number of allylic oxidation sites excluding steroid dienone is 2. The number of carbonyl (C=O) groups is 1. The standard InChI is InChI=1S/C13H18.C10H14.C8H16O.C4H8/c1-11(2)5-4-6-13-9-7-12(3)8-10-13;1-4-10-7-8(2)5-6-9(10)3;1-5-8(4,6-2)7(3)9;1-4(2)3/h7-10H,1,4-6H2,2-3H3;5-7H,4H2,1-3H3;5-6H2,1-4H3;1H2,2-3H3. The van der Waals surface area contributed by atoms with Gasteiger partial charge in [-0.2, -0.15) is 0 Å². The summed E-state index contributed by atoms with van der Waals surface area (Å²) in [4.78, 5) is 10.9. The third-order valence-electron chi connectivity index (χ3n) is 6.49. The number of benzene rings is 2. The van der Waals surface area contributed by atoms with E-state index in [1.165, 1.54) is 51.8 Å². The van der Waals surface area contributed by atoms with Gasteiger partial charge < -0.3 is 0 Å². The largest absolute Gasteiger partial charge is 0.299 e. The zero-order chi connectivity index (χ0) is 28.3. The topological polar surface area (TPSA) is 17.1 Å². The van der Waals surface area contributed by atoms with Crippen LogP contribution in [0.3, 0.4) is 0 Å². The van der Waals surface area contributed by atoms with E-state index in [9.17, 15) is 4.79 Å². The molecule has 0 aromatic heterocycles. The summed E-state index contributed by atoms with van der Waals surface area (Å²) in [7, 11) is 0. The summed E-state index contributed by atoms with van der Waals surface area (Å²) in [6, 6.07) is 15.4. The quantitative estimate of drug-likeness (QED) is 0.335. The Balaban J connectivity index is 0. The highest BCUT2D eigenvalue weighted by Gasteiger charge is 2.24. The van der Waals surface area contributed by atoms with Crippen LogP contribution < -0.4 is 0 Å². The minimum absolute atomic E-state index is 0.0556. The predicted octanol–water partition coefficient (Wildman–Crippen LogP) is 10.7. The summed E-state index contributed by atoms with van der Waals surface area (Å²) in [6.07, 6.45) is 6.60. The van der Waals surface area contributed by atoms with Gasteiger partial charge in [-0.1, -0.05) is 92.4 Å². The molecule has 1 heteroatoms. The molecular weight excluding hydrogens is 436 g/mol. The summed E-state index contributed by atoms with van der Waals surface area (Å²) in [6.45, 7) is 29.9. The predicted molar refractivity (Wildman–Crippen MR) is 164 cm³/mol. The molecule has 0 unspecified atom stereocenters. The zero-order valence-electron chi connectivity index (χ0n) is 25.6. The fourth-order valence-electron chi connectivity index (χ4n) is 3.28. The summed E-state index contributed by atoms with van der Waals surface area (Å²) in [5.41, 5.74) is 9.41. The summed E-state index contributed by atoms with van der Waals surface area (Å²) in [5, 5.41) is 0. The van der Waals surface area contributed by atoms with E-state index in [0.717, 1.165) is 25.7 Å². The van der Waals surface area contributed by atoms with Crippen molar-refractivity contribution in [2.75, 3.05) is 0 Å². The lowest BCUT2D eigenvalue weighted by Gasteiger charge is -2.22. The van der Waals surface area contributed by atoms with Crippen LogP contribution in [0.4, 0.5) is 0 Å². The van der Waals surface area contributed by atoms with E-state index >= 15 is 0 Å². The minimum atomic E-state index is -0.0556. The Labute approximate surface area is 225 Å². The van der Waals surface area contributed by atoms with Crippen LogP contribution in [0.25, 0.3) is 0 Å².